The van der Waals surface area contributed by atoms with Crippen LogP contribution in [0.4, 0.5) is 0 Å². The molecule has 0 radical (unpaired) electrons. The molecule has 5 saturated heterocycles. The van der Waals surface area contributed by atoms with E-state index in [-0.39, 0.29) is 0 Å². The van der Waals surface area contributed by atoms with Crippen LogP contribution < -0.4 is 15.2 Å². The number of ether oxygens (including phenoxy) is 9. The number of nitrogens with one attached hydrogen (secondary N) is 2. The van der Waals surface area contributed by atoms with Gasteiger partial charge in [-0.2, -0.15) is 68.4 Å². The van der Waals surface area contributed by atoms with Gasteiger partial charge in [-0.1, -0.05) is 0 Å². The molecule has 5 heterocycles. The fourth-order valence-electron chi connectivity index (χ4n) is 8.53. The number of aliphatic hydroxyl groups excluding tert-OH is 7. The van der Waals surface area contributed by atoms with Crippen molar-refractivity contribution in [1.29, 1.82) is 0 Å². The highest BCUT2D eigenvalue weighted by Crippen LogP contribution is 2.38. The van der Waals surface area contributed by atoms with E-state index in [4.69, 9.17) is 57.5 Å². The van der Waals surface area contributed by atoms with Crippen LogP contribution in [0, 0.1) is 0 Å². The Bertz CT molecular complexity index is 3190. The number of hydrogen-bond acceptors (Lipinski definition) is 38. The third kappa shape index (κ3) is 20.7. The zero-order valence-electron chi connectivity index (χ0n) is 41.4. The van der Waals surface area contributed by atoms with Gasteiger partial charge in [0, 0.05) is 0 Å². The van der Waals surface area contributed by atoms with Crippen LogP contribution in [0.25, 0.3) is 0 Å². The second-order valence-corrected chi connectivity index (χ2v) is 25.7. The summed E-state index contributed by atoms with van der Waals surface area (Å²) >= 11 is 0. The van der Waals surface area contributed by atoms with E-state index in [2.05, 4.69) is 20.9 Å². The minimum atomic E-state index is -6.07. The molecule has 504 valence electrons. The molecule has 0 aromatic rings. The molecular formula is C30H51N3O46S7. The summed E-state index contributed by atoms with van der Waals surface area (Å²) in [4.78, 5) is 25.5. The zero-order chi connectivity index (χ0) is 65.5. The number of carboxylic acids is 2. The zero-order valence-corrected chi connectivity index (χ0v) is 47.1. The molecule has 20 N–H and O–H groups in total. The van der Waals surface area contributed by atoms with Gasteiger partial charge in [0.2, 0.25) is 0 Å². The first-order chi connectivity index (χ1) is 38.9. The van der Waals surface area contributed by atoms with Crippen molar-refractivity contribution in [2.75, 3.05) is 19.8 Å². The summed E-state index contributed by atoms with van der Waals surface area (Å²) in [5.74, 6) is -4.70. The molecule has 0 aromatic carbocycles. The standard InChI is InChI=1S/C30H51N3O46S7/c31-7-18(78-85(60,61)62)17(73-29-14(38)13(37)19(22(76-29)24(40)41)75-28-9(33-81(48,49)50)11(35)10(34)4(70-28)1-66-82(51,52)53)6(3-68-84(57,58)59)71-27(7)74-20-15(39)21(79-86(63,64)65)30(77-23(20)25(42)43)72-16-5(2-67-83(54,55)56)69-26(44)8(12(16)36)32-80(45,46)47/h4-23,26-30,32-39,44H,1-3,31H2,(H,40,41)(H,42,43)(H,45,46,47)(H,48,49,50)(H,51,52,53)(H,54,55,56)(H,57,58,59)(H,60,61,62)(H,63,64,65)/t4-,5-,6-,7-,8-,9-,10-,11-,12-,13-,14-,15+,16-,17-,18-,19+,20+,21-,22+,23-,26+,27+,28-,29-,30-/m1/s1. The Kier molecular flexibility index (Phi) is 24.2. The van der Waals surface area contributed by atoms with Gasteiger partial charge in [0.25, 0.3) is 0 Å². The van der Waals surface area contributed by atoms with Crippen LogP contribution in [0.3, 0.4) is 0 Å². The molecule has 0 aliphatic carbocycles. The third-order valence-corrected chi connectivity index (χ3v) is 15.4. The molecule has 5 fully saturated rings. The molecule has 25 atom stereocenters. The van der Waals surface area contributed by atoms with Crippen molar-refractivity contribution in [3.63, 3.8) is 0 Å². The van der Waals surface area contributed by atoms with Crippen LogP contribution in [0.1, 0.15) is 0 Å². The number of hydrogen-bond donors (Lipinski definition) is 19. The van der Waals surface area contributed by atoms with Gasteiger partial charge in [-0.05, 0) is 0 Å². The van der Waals surface area contributed by atoms with E-state index in [0.717, 1.165) is 0 Å². The average molecular weight is 1410 g/mol. The monoisotopic (exact) mass is 1410 g/mol. The van der Waals surface area contributed by atoms with Gasteiger partial charge in [0.05, 0.1) is 25.9 Å². The van der Waals surface area contributed by atoms with E-state index in [1.54, 1.807) is 0 Å². The Morgan fingerprint density at radius 1 is 0.384 bits per heavy atom. The smallest absolute Gasteiger partial charge is 0.397 e. The van der Waals surface area contributed by atoms with Crippen LogP contribution >= 0.6 is 0 Å². The normalized spacial score (nSPS) is 40.0. The largest absolute Gasteiger partial charge is 0.479 e. The second kappa shape index (κ2) is 28.1. The molecule has 0 spiro atoms. The predicted molar refractivity (Wildman–Crippen MR) is 247 cm³/mol. The molecular weight excluding hydrogens is 1360 g/mol. The van der Waals surface area contributed by atoms with Gasteiger partial charge in [0.15, 0.2) is 49.8 Å². The summed E-state index contributed by atoms with van der Waals surface area (Å²) in [6, 6.07) is -7.70. The van der Waals surface area contributed by atoms with Crippen LogP contribution in [-0.2, 0) is 146 Å². The molecule has 49 nitrogen and oxygen atoms in total. The van der Waals surface area contributed by atoms with E-state index in [1.165, 1.54) is 9.44 Å². The van der Waals surface area contributed by atoms with Crippen molar-refractivity contribution in [2.45, 2.75) is 153 Å². The Labute approximate surface area is 481 Å². The first-order valence-corrected chi connectivity index (χ1v) is 32.2. The van der Waals surface area contributed by atoms with Gasteiger partial charge in [-0.3, -0.25) is 31.9 Å². The highest BCUT2D eigenvalue weighted by atomic mass is 32.3. The first-order valence-electron chi connectivity index (χ1n) is 22.5. The molecule has 0 unspecified atom stereocenters. The average Bonchev–Trinajstić information content (AvgIpc) is 1.06. The maximum atomic E-state index is 12.8. The SMILES string of the molecule is N[C@H]1[C@H](O[C@H]2[C@H](O)[C@@H](OS(=O)(=O)O)[C@H](O[C@H]3[C@H](O)[C@@H](NS(=O)(=O)O)[C@@H](O)O[C@@H]3COS(=O)(=O)O)O[C@H]2C(=O)O)O[C@H](COS(=O)(=O)O)[C@@H](O[C@@H]2O[C@H](C(=O)O)[C@@H](O[C@H]3O[C@H](COS(=O)(=O)O)[C@@H](O)[C@H](O)[C@H]3NS(=O)(=O)O)[C@H](O)[C@H]2O)[C@@H]1OS(=O)(=O)O. The van der Waals surface area contributed by atoms with Gasteiger partial charge in [-0.25, -0.2) is 30.5 Å². The maximum Gasteiger partial charge on any atom is 0.397 e. The fraction of sp³-hybridized carbons (Fsp3) is 0.933. The molecule has 0 saturated carbocycles. The van der Waals surface area contributed by atoms with E-state index in [9.17, 15) is 137 Å². The van der Waals surface area contributed by atoms with E-state index in [0.29, 0.717) is 0 Å². The Hall–Kier alpha value is -2.65. The molecule has 5 aliphatic rings. The Morgan fingerprint density at radius 2 is 0.779 bits per heavy atom. The summed E-state index contributed by atoms with van der Waals surface area (Å²) in [6.07, 6.45) is -60.9. The van der Waals surface area contributed by atoms with Crippen LogP contribution in [0.5, 0.6) is 0 Å². The Balaban J connectivity index is 1.51. The van der Waals surface area contributed by atoms with Gasteiger partial charge in [0.1, 0.15) is 97.5 Å². The fourth-order valence-corrected chi connectivity index (χ4v) is 11.7. The molecule has 86 heavy (non-hydrogen) atoms. The lowest BCUT2D eigenvalue weighted by Crippen LogP contribution is -2.70. The summed E-state index contributed by atoms with van der Waals surface area (Å²) in [7, 11) is -39.8. The molecule has 0 amide bonds. The van der Waals surface area contributed by atoms with Crippen molar-refractivity contribution in [3.8, 4) is 0 Å². The van der Waals surface area contributed by atoms with Crippen molar-refractivity contribution in [2.24, 2.45) is 5.73 Å². The lowest BCUT2D eigenvalue weighted by Gasteiger charge is -2.50. The van der Waals surface area contributed by atoms with E-state index >= 15 is 0 Å². The number of carbonyl (C=O) groups is 2. The van der Waals surface area contributed by atoms with Gasteiger partial charge in [-0.15, -0.1) is 0 Å². The lowest BCUT2D eigenvalue weighted by molar-refractivity contribution is -0.372. The minimum absolute atomic E-state index is 1.23. The summed E-state index contributed by atoms with van der Waals surface area (Å²) in [5.41, 5.74) is 6.15. The molecule has 0 aromatic heterocycles. The summed E-state index contributed by atoms with van der Waals surface area (Å²) < 4.78 is 303. The maximum absolute atomic E-state index is 12.8. The summed E-state index contributed by atoms with van der Waals surface area (Å²) in [6.45, 7) is -4.85. The third-order valence-electron chi connectivity index (χ3n) is 12.0. The van der Waals surface area contributed by atoms with Gasteiger partial charge < -0.3 is 94.3 Å². The van der Waals surface area contributed by atoms with Crippen LogP contribution in [0.2, 0.25) is 0 Å². The van der Waals surface area contributed by atoms with Gasteiger partial charge >= 0.3 is 84.5 Å². The lowest BCUT2D eigenvalue weighted by atomic mass is 9.94. The number of rotatable bonds is 27. The molecule has 5 rings (SSSR count). The molecule has 0 bridgehead atoms. The second-order valence-electron chi connectivity index (χ2n) is 18.0. The predicted octanol–water partition coefficient (Wildman–Crippen LogP) is -13.8. The number of aliphatic hydroxyl groups is 7. The van der Waals surface area contributed by atoms with Crippen molar-refractivity contribution >= 4 is 84.5 Å². The van der Waals surface area contributed by atoms with E-state index in [1.807, 2.05) is 0 Å². The quantitative estimate of drug-likeness (QED) is 0.0340. The topological polar surface area (TPSA) is 776 Å². The number of carboxylic acid groups (broad SMARTS) is 2. The van der Waals surface area contributed by atoms with Crippen LogP contribution in [-0.4, -0.2) is 322 Å². The number of nitrogens with two attached hydrogens (primary N) is 1. The number of aliphatic carboxylic acids is 2. The van der Waals surface area contributed by atoms with Crippen molar-refractivity contribution < 1.29 is 210 Å². The first kappa shape index (κ1) is 74.1. The minimum Gasteiger partial charge on any atom is -0.479 e. The highest BCUT2D eigenvalue weighted by Gasteiger charge is 2.60. The Morgan fingerprint density at radius 3 is 1.24 bits per heavy atom. The van der Waals surface area contributed by atoms with Crippen molar-refractivity contribution in [1.82, 2.24) is 9.44 Å². The van der Waals surface area contributed by atoms with Crippen LogP contribution in [0.15, 0.2) is 0 Å². The molecule has 56 heteroatoms. The highest BCUT2D eigenvalue weighted by molar-refractivity contribution is 7.84. The molecule has 5 aliphatic heterocycles. The summed E-state index contributed by atoms with van der Waals surface area (Å²) in [5, 5.41) is 97.4. The van der Waals surface area contributed by atoms with Crippen molar-refractivity contribution in [3.05, 3.63) is 0 Å². The van der Waals surface area contributed by atoms with E-state index < -0.39 is 258 Å².